The third-order valence-corrected chi connectivity index (χ3v) is 6.71. The summed E-state index contributed by atoms with van der Waals surface area (Å²) >= 11 is 0. The van der Waals surface area contributed by atoms with Crippen molar-refractivity contribution in [3.63, 3.8) is 0 Å². The van der Waals surface area contributed by atoms with Gasteiger partial charge in [0.25, 0.3) is 0 Å². The standard InChI is InChI=1S/C20H25N3O3S/c1-26-16-9-7-15(8-10-16)23-20(17-12-27(25)13-18(17)22-23)21-19(24)11-6-14-4-2-3-5-14/h7-10,14H,2-6,11-13H2,1H3,(H,21,24)/t27-/m1/s1. The number of methoxy groups -OCH3 is 1. The highest BCUT2D eigenvalue weighted by Gasteiger charge is 2.28. The van der Waals surface area contributed by atoms with E-state index in [1.807, 2.05) is 24.3 Å². The minimum Gasteiger partial charge on any atom is -0.497 e. The number of nitrogens with zero attached hydrogens (tertiary/aromatic N) is 2. The number of rotatable bonds is 6. The molecule has 2 aliphatic rings. The van der Waals surface area contributed by atoms with Crippen LogP contribution in [0.1, 0.15) is 49.8 Å². The zero-order valence-corrected chi connectivity index (χ0v) is 16.4. The van der Waals surface area contributed by atoms with E-state index in [4.69, 9.17) is 4.74 Å². The van der Waals surface area contributed by atoms with Crippen LogP contribution in [0.15, 0.2) is 24.3 Å². The van der Waals surface area contributed by atoms with Crippen LogP contribution in [0, 0.1) is 5.92 Å². The Kier molecular flexibility index (Phi) is 5.29. The lowest BCUT2D eigenvalue weighted by Crippen LogP contribution is -2.17. The average Bonchev–Trinajstić information content (AvgIpc) is 3.38. The molecule has 27 heavy (non-hydrogen) atoms. The van der Waals surface area contributed by atoms with E-state index in [0.29, 0.717) is 29.7 Å². The summed E-state index contributed by atoms with van der Waals surface area (Å²) in [6, 6.07) is 7.55. The SMILES string of the molecule is COc1ccc(-n2nc3c(c2NC(=O)CCC2CCCC2)C[S@@](=O)C3)cc1. The summed E-state index contributed by atoms with van der Waals surface area (Å²) in [5.41, 5.74) is 2.57. The van der Waals surface area contributed by atoms with Gasteiger partial charge in [-0.3, -0.25) is 9.00 Å². The number of fused-ring (bicyclic) bond motifs is 1. The van der Waals surface area contributed by atoms with Crippen molar-refractivity contribution in [3.8, 4) is 11.4 Å². The highest BCUT2D eigenvalue weighted by atomic mass is 32.2. The van der Waals surface area contributed by atoms with Crippen molar-refractivity contribution >= 4 is 22.5 Å². The van der Waals surface area contributed by atoms with Crippen molar-refractivity contribution in [3.05, 3.63) is 35.5 Å². The van der Waals surface area contributed by atoms with Crippen molar-refractivity contribution in [2.24, 2.45) is 5.92 Å². The van der Waals surface area contributed by atoms with E-state index < -0.39 is 10.8 Å². The lowest BCUT2D eigenvalue weighted by molar-refractivity contribution is -0.116. The summed E-state index contributed by atoms with van der Waals surface area (Å²) in [4.78, 5) is 12.6. The Morgan fingerprint density at radius 3 is 2.70 bits per heavy atom. The Morgan fingerprint density at radius 2 is 2.00 bits per heavy atom. The Bertz CT molecular complexity index is 854. The fraction of sp³-hybridized carbons (Fsp3) is 0.500. The van der Waals surface area contributed by atoms with Crippen LogP contribution in [0.2, 0.25) is 0 Å². The van der Waals surface area contributed by atoms with Gasteiger partial charge in [0.2, 0.25) is 5.91 Å². The van der Waals surface area contributed by atoms with Crippen molar-refractivity contribution in [1.82, 2.24) is 9.78 Å². The Labute approximate surface area is 161 Å². The number of nitrogens with one attached hydrogen (secondary N) is 1. The third-order valence-electron chi connectivity index (χ3n) is 5.50. The van der Waals surface area contributed by atoms with E-state index >= 15 is 0 Å². The molecule has 1 aromatic carbocycles. The van der Waals surface area contributed by atoms with Crippen molar-refractivity contribution in [2.75, 3.05) is 12.4 Å². The molecule has 1 aliphatic heterocycles. The van der Waals surface area contributed by atoms with Gasteiger partial charge >= 0.3 is 0 Å². The van der Waals surface area contributed by atoms with Crippen LogP contribution in [-0.2, 0) is 27.1 Å². The summed E-state index contributed by atoms with van der Waals surface area (Å²) in [5, 5.41) is 7.68. The largest absolute Gasteiger partial charge is 0.497 e. The number of anilines is 1. The molecule has 1 saturated carbocycles. The van der Waals surface area contributed by atoms with E-state index in [1.54, 1.807) is 11.8 Å². The van der Waals surface area contributed by atoms with E-state index in [2.05, 4.69) is 10.4 Å². The number of benzene rings is 1. The molecular formula is C20H25N3O3S. The molecule has 1 amide bonds. The van der Waals surface area contributed by atoms with Gasteiger partial charge in [-0.2, -0.15) is 5.10 Å². The number of aromatic nitrogens is 2. The van der Waals surface area contributed by atoms with Crippen LogP contribution < -0.4 is 10.1 Å². The molecule has 2 aromatic rings. The van der Waals surface area contributed by atoms with Gasteiger partial charge in [-0.05, 0) is 36.6 Å². The van der Waals surface area contributed by atoms with Gasteiger partial charge in [0.15, 0.2) is 0 Å². The predicted molar refractivity (Wildman–Crippen MR) is 105 cm³/mol. The van der Waals surface area contributed by atoms with Gasteiger partial charge in [0.05, 0.1) is 30.0 Å². The van der Waals surface area contributed by atoms with E-state index in [9.17, 15) is 9.00 Å². The molecule has 0 radical (unpaired) electrons. The second-order valence-electron chi connectivity index (χ2n) is 7.35. The van der Waals surface area contributed by atoms with Gasteiger partial charge < -0.3 is 10.1 Å². The third kappa shape index (κ3) is 3.93. The molecule has 4 rings (SSSR count). The maximum Gasteiger partial charge on any atom is 0.225 e. The lowest BCUT2D eigenvalue weighted by atomic mass is 10.0. The normalized spacial score (nSPS) is 19.2. The van der Waals surface area contributed by atoms with Crippen molar-refractivity contribution in [2.45, 2.75) is 50.0 Å². The topological polar surface area (TPSA) is 73.2 Å². The maximum atomic E-state index is 12.6. The Morgan fingerprint density at radius 1 is 1.26 bits per heavy atom. The molecule has 0 spiro atoms. The molecule has 0 saturated heterocycles. The van der Waals surface area contributed by atoms with Crippen LogP contribution in [0.5, 0.6) is 5.75 Å². The van der Waals surface area contributed by atoms with E-state index in [0.717, 1.165) is 29.1 Å². The first-order valence-corrected chi connectivity index (χ1v) is 11.0. The summed E-state index contributed by atoms with van der Waals surface area (Å²) < 4.78 is 18.9. The van der Waals surface area contributed by atoms with Crippen LogP contribution >= 0.6 is 0 Å². The second-order valence-corrected chi connectivity index (χ2v) is 8.81. The van der Waals surface area contributed by atoms with Gasteiger partial charge in [-0.15, -0.1) is 0 Å². The number of ether oxygens (including phenoxy) is 1. The Hall–Kier alpha value is -2.15. The zero-order chi connectivity index (χ0) is 18.8. The summed E-state index contributed by atoms with van der Waals surface area (Å²) in [6.45, 7) is 0. The Balaban J connectivity index is 1.55. The molecule has 6 nitrogen and oxygen atoms in total. The number of hydrogen-bond acceptors (Lipinski definition) is 4. The average molecular weight is 388 g/mol. The first-order valence-electron chi connectivity index (χ1n) is 9.54. The predicted octanol–water partition coefficient (Wildman–Crippen LogP) is 3.55. The lowest BCUT2D eigenvalue weighted by Gasteiger charge is -2.13. The van der Waals surface area contributed by atoms with Gasteiger partial charge in [0, 0.05) is 22.8 Å². The monoisotopic (exact) mass is 387 g/mol. The molecule has 0 bridgehead atoms. The van der Waals surface area contributed by atoms with Gasteiger partial charge in [-0.25, -0.2) is 4.68 Å². The quantitative estimate of drug-likeness (QED) is 0.823. The fourth-order valence-electron chi connectivity index (χ4n) is 4.00. The van der Waals surface area contributed by atoms with Crippen LogP contribution in [0.25, 0.3) is 5.69 Å². The molecule has 1 fully saturated rings. The molecule has 1 N–H and O–H groups in total. The molecule has 1 aromatic heterocycles. The molecule has 1 aliphatic carbocycles. The fourth-order valence-corrected chi connectivity index (χ4v) is 5.26. The van der Waals surface area contributed by atoms with Crippen LogP contribution in [0.3, 0.4) is 0 Å². The maximum absolute atomic E-state index is 12.6. The van der Waals surface area contributed by atoms with Crippen LogP contribution in [-0.4, -0.2) is 27.0 Å². The van der Waals surface area contributed by atoms with Gasteiger partial charge in [-0.1, -0.05) is 25.7 Å². The highest BCUT2D eigenvalue weighted by Crippen LogP contribution is 2.32. The number of carbonyl (C=O) groups is 1. The highest BCUT2D eigenvalue weighted by molar-refractivity contribution is 7.83. The van der Waals surface area contributed by atoms with Gasteiger partial charge in [0.1, 0.15) is 11.6 Å². The van der Waals surface area contributed by atoms with E-state index in [1.165, 1.54) is 25.7 Å². The molecule has 2 heterocycles. The molecular weight excluding hydrogens is 362 g/mol. The van der Waals surface area contributed by atoms with Crippen molar-refractivity contribution < 1.29 is 13.7 Å². The number of amides is 1. The summed E-state index contributed by atoms with van der Waals surface area (Å²) in [5.74, 6) is 3.02. The first kappa shape index (κ1) is 18.2. The van der Waals surface area contributed by atoms with Crippen molar-refractivity contribution in [1.29, 1.82) is 0 Å². The minimum atomic E-state index is -0.936. The minimum absolute atomic E-state index is 0.0112. The number of hydrogen-bond donors (Lipinski definition) is 1. The summed E-state index contributed by atoms with van der Waals surface area (Å²) in [7, 11) is 0.692. The summed E-state index contributed by atoms with van der Waals surface area (Å²) in [6.07, 6.45) is 6.52. The van der Waals surface area contributed by atoms with Crippen LogP contribution in [0.4, 0.5) is 5.82 Å². The smallest absolute Gasteiger partial charge is 0.225 e. The second kappa shape index (κ2) is 7.84. The number of carbonyl (C=O) groups excluding carboxylic acids is 1. The van der Waals surface area contributed by atoms with E-state index in [-0.39, 0.29) is 5.91 Å². The first-order chi connectivity index (χ1) is 13.1. The molecule has 7 heteroatoms. The molecule has 144 valence electrons. The zero-order valence-electron chi connectivity index (χ0n) is 15.6. The molecule has 1 atom stereocenters. The molecule has 0 unspecified atom stereocenters.